The molecule has 19 nitrogen and oxygen atoms in total. The summed E-state index contributed by atoms with van der Waals surface area (Å²) < 4.78 is 138. The van der Waals surface area contributed by atoms with Crippen LogP contribution in [0.3, 0.4) is 0 Å². The van der Waals surface area contributed by atoms with Crippen molar-refractivity contribution < 1.29 is 75.4 Å². The second-order valence-corrected chi connectivity index (χ2v) is 25.7. The third kappa shape index (κ3) is 22.3. The van der Waals surface area contributed by atoms with Crippen LogP contribution in [0.2, 0.25) is 0 Å². The van der Waals surface area contributed by atoms with Crippen molar-refractivity contribution in [1.82, 2.24) is 20.3 Å². The molecule has 4 aromatic carbocycles. The number of halogens is 8. The SMILES string of the molecule is CC(=O)Cc1ccc(CCS(=O)(=O)Cl)c(C)c1.CC(=O)Cc1ccc(CCS(=O)(=O)N2CCC3(CC2)N=C(Nc2ccc(C(F)(F)F)cc2)NC3=O)c(C)c1.Cl.O=C1NC(Nc2ccc(C(F)(F)F)cc2)=NC12CCNCC2.OC1CCCO1.[O]=[Mg]. The number of aliphatic imine (C=N–C) groups is 2. The summed E-state index contributed by atoms with van der Waals surface area (Å²) in [5, 5.41) is 22.6. The number of aliphatic hydroxyl groups excluding tert-OH is 1. The summed E-state index contributed by atoms with van der Waals surface area (Å²) in [6.07, 6.45) is -4.36. The Labute approximate surface area is 519 Å². The van der Waals surface area contributed by atoms with Crippen LogP contribution in [0.25, 0.3) is 0 Å². The van der Waals surface area contributed by atoms with Crippen LogP contribution in [0.15, 0.2) is 94.9 Å². The van der Waals surface area contributed by atoms with Gasteiger partial charge in [-0.3, -0.25) is 29.8 Å². The first-order valence-electron chi connectivity index (χ1n) is 26.9. The van der Waals surface area contributed by atoms with Crippen molar-refractivity contribution in [3.05, 3.63) is 129 Å². The number of anilines is 2. The number of nitrogens with zero attached hydrogens (tertiary/aromatic N) is 3. The Morgan fingerprint density at radius 1 is 0.698 bits per heavy atom. The van der Waals surface area contributed by atoms with Gasteiger partial charge in [0.2, 0.25) is 31.0 Å². The first-order chi connectivity index (χ1) is 39.8. The van der Waals surface area contributed by atoms with Gasteiger partial charge in [-0.05, 0) is 168 Å². The van der Waals surface area contributed by atoms with Crippen molar-refractivity contribution in [2.75, 3.05) is 54.9 Å². The van der Waals surface area contributed by atoms with Crippen molar-refractivity contribution >= 4 is 111 Å². The molecule has 1 unspecified atom stereocenters. The van der Waals surface area contributed by atoms with Gasteiger partial charge in [0.25, 0.3) is 11.8 Å². The van der Waals surface area contributed by atoms with Gasteiger partial charge < -0.3 is 25.8 Å². The van der Waals surface area contributed by atoms with Crippen LogP contribution in [0, 0.1) is 13.8 Å². The summed E-state index contributed by atoms with van der Waals surface area (Å²) in [4.78, 5) is 56.0. The topological polar surface area (TPSA) is 271 Å². The number of ether oxygens (including phenoxy) is 1. The predicted molar refractivity (Wildman–Crippen MR) is 317 cm³/mol. The van der Waals surface area contributed by atoms with E-state index in [1.54, 1.807) is 6.92 Å². The van der Waals surface area contributed by atoms with Crippen LogP contribution < -0.4 is 26.6 Å². The van der Waals surface area contributed by atoms with E-state index in [2.05, 4.69) is 36.6 Å². The van der Waals surface area contributed by atoms with E-state index in [1.807, 2.05) is 50.2 Å². The number of piperidine rings is 2. The number of Topliss-reactive ketones (excluding diaryl/α,β-unsaturated/α-hetero) is 2. The van der Waals surface area contributed by atoms with Crippen molar-refractivity contribution in [3.63, 3.8) is 0 Å². The number of nitrogens with one attached hydrogen (secondary N) is 5. The van der Waals surface area contributed by atoms with Crippen molar-refractivity contribution in [2.45, 2.75) is 122 Å². The predicted octanol–water partition coefficient (Wildman–Crippen LogP) is 7.45. The molecular weight excluding hydrogens is 1230 g/mol. The number of alkyl halides is 6. The zero-order valence-electron chi connectivity index (χ0n) is 47.6. The number of hydrogen-bond acceptors (Lipinski definition) is 16. The molecular formula is C56H68Cl2F6MgN8O11S2. The van der Waals surface area contributed by atoms with E-state index < -0.39 is 59.9 Å². The Hall–Kier alpha value is -5.43. The molecule has 0 radical (unpaired) electrons. The number of ketones is 2. The van der Waals surface area contributed by atoms with Crippen LogP contribution in [0.1, 0.15) is 96.9 Å². The van der Waals surface area contributed by atoms with Crippen molar-refractivity contribution in [1.29, 1.82) is 0 Å². The summed E-state index contributed by atoms with van der Waals surface area (Å²) in [5.74, 6) is -0.106. The van der Waals surface area contributed by atoms with Gasteiger partial charge in [0.15, 0.2) is 6.29 Å². The average Bonchev–Trinajstić information content (AvgIpc) is 2.18. The van der Waals surface area contributed by atoms with Crippen LogP contribution in [0.5, 0.6) is 0 Å². The van der Waals surface area contributed by atoms with Gasteiger partial charge in [-0.15, -0.1) is 12.4 Å². The van der Waals surface area contributed by atoms with Gasteiger partial charge in [0.1, 0.15) is 22.6 Å². The molecule has 0 aliphatic carbocycles. The molecule has 1 atom stereocenters. The molecule has 0 saturated carbocycles. The summed E-state index contributed by atoms with van der Waals surface area (Å²) in [5.41, 5.74) is 3.01. The molecule has 0 bridgehead atoms. The summed E-state index contributed by atoms with van der Waals surface area (Å²) in [6.45, 7) is 9.28. The van der Waals surface area contributed by atoms with Gasteiger partial charge in [-0.25, -0.2) is 31.1 Å². The number of carbonyl (C=O) groups excluding carboxylic acids is 4. The van der Waals surface area contributed by atoms with Crippen molar-refractivity contribution in [2.24, 2.45) is 9.98 Å². The second kappa shape index (κ2) is 32.2. The fourth-order valence-electron chi connectivity index (χ4n) is 9.59. The van der Waals surface area contributed by atoms with Crippen LogP contribution in [-0.2, 0) is 84.2 Å². The van der Waals surface area contributed by atoms with Crippen LogP contribution in [-0.4, -0.2) is 145 Å². The Morgan fingerprint density at radius 3 is 1.44 bits per heavy atom. The molecule has 0 aromatic heterocycles. The normalized spacial score (nSPS) is 17.9. The Morgan fingerprint density at radius 2 is 1.10 bits per heavy atom. The molecule has 2 spiro atoms. The number of hydrogen-bond donors (Lipinski definition) is 6. The number of guanidine groups is 2. The third-order valence-corrected chi connectivity index (χ3v) is 17.2. The molecule has 3 fully saturated rings. The van der Waals surface area contributed by atoms with E-state index in [-0.39, 0.29) is 85.1 Å². The Balaban J connectivity index is 0.000000278. The quantitative estimate of drug-likeness (QED) is 0.0431. The van der Waals surface area contributed by atoms with Crippen LogP contribution >= 0.6 is 23.1 Å². The molecule has 5 heterocycles. The number of rotatable bonds is 13. The number of sulfonamides is 1. The summed E-state index contributed by atoms with van der Waals surface area (Å²) >= 11 is 0.611. The second-order valence-electron chi connectivity index (χ2n) is 20.7. The first kappa shape index (κ1) is 73.0. The fraction of sp³-hybridized carbons (Fsp3) is 0.464. The Kier molecular flexibility index (Phi) is 27.3. The number of aliphatic hydroxyl groups is 1. The van der Waals surface area contributed by atoms with Gasteiger partial charge in [0.05, 0.1) is 22.6 Å². The van der Waals surface area contributed by atoms with Crippen molar-refractivity contribution in [3.8, 4) is 0 Å². The molecule has 5 aliphatic heterocycles. The zero-order chi connectivity index (χ0) is 63.0. The molecule has 4 aromatic rings. The number of aryl methyl sites for hydroxylation is 4. The first-order valence-corrected chi connectivity index (χ1v) is 31.6. The maximum absolute atomic E-state index is 13.0. The molecule has 6 N–H and O–H groups in total. The van der Waals surface area contributed by atoms with Gasteiger partial charge >= 0.3 is 37.2 Å². The van der Waals surface area contributed by atoms with E-state index >= 15 is 0 Å². The maximum atomic E-state index is 13.0. The molecule has 5 aliphatic rings. The number of carbonyl (C=O) groups is 4. The summed E-state index contributed by atoms with van der Waals surface area (Å²) in [6, 6.07) is 20.2. The summed E-state index contributed by atoms with van der Waals surface area (Å²) in [7, 11) is -1.86. The molecule has 2 amide bonds. The van der Waals surface area contributed by atoms with Gasteiger partial charge in [0, 0.05) is 61.0 Å². The molecule has 30 heteroatoms. The molecule has 86 heavy (non-hydrogen) atoms. The monoisotopic (exact) mass is 1300 g/mol. The van der Waals surface area contributed by atoms with E-state index in [0.29, 0.717) is 84.7 Å². The van der Waals surface area contributed by atoms with E-state index in [0.717, 1.165) is 77.1 Å². The van der Waals surface area contributed by atoms with E-state index in [4.69, 9.17) is 23.7 Å². The van der Waals surface area contributed by atoms with Gasteiger partial charge in [-0.1, -0.05) is 36.4 Å². The third-order valence-electron chi connectivity index (χ3n) is 14.2. The average molecular weight is 1300 g/mol. The molecule has 9 rings (SSSR count). The standard InChI is InChI=1S/C26H29F3N4O4S.C14H15F3N4O.C12H15ClO3S.C4H8O2.ClH.Mg.O/c1-17-15-19(16-18(2)34)3-4-20(17)9-14-38(36,37)33-12-10-25(11-13-33)23(35)31-24(32-25)30-22-7-5-21(6-8-22)26(27,28)29;15-14(16,17)9-1-3-10(4-2-9)19-12-20-11(22)13(21-12)5-7-18-8-6-13;1-9-7-11(8-10(2)14)3-4-12(9)5-6-17(13,15)16;5-4-2-1-3-6-4;;;/h3-8,15H,9-14,16H2,1-2H3,(H2,30,31,32,35);1-4,18H,5-8H2,(H2,19,20,21,22);3-4,7H,5-6,8H2,1-2H3;4-5H,1-3H2;1H;;. The Bertz CT molecular complexity index is 3290. The zero-order valence-corrected chi connectivity index (χ0v) is 52.2. The minimum atomic E-state index is -4.45. The van der Waals surface area contributed by atoms with Gasteiger partial charge in [-0.2, -0.15) is 26.3 Å². The molecule has 3 saturated heterocycles. The fourth-order valence-corrected chi connectivity index (χ4v) is 11.8. The van der Waals surface area contributed by atoms with Crippen LogP contribution in [0.4, 0.5) is 37.7 Å². The number of benzene rings is 4. The van der Waals surface area contributed by atoms with E-state index in [1.165, 1.54) is 35.5 Å². The van der Waals surface area contributed by atoms with E-state index in [9.17, 15) is 62.4 Å². The molecule has 468 valence electrons. The number of amides is 2. The minimum absolute atomic E-state index is 0.